The molecule has 8 nitrogen and oxygen atoms in total. The number of nitrogens with zero attached hydrogens (tertiary/aromatic N) is 4. The lowest BCUT2D eigenvalue weighted by molar-refractivity contribution is -0.144. The van der Waals surface area contributed by atoms with E-state index in [9.17, 15) is 22.8 Å². The summed E-state index contributed by atoms with van der Waals surface area (Å²) in [4.78, 5) is 28.3. The SMILES string of the molecule is CC(C)Cn1nc(C(=O)Nc2n[nH]c(C(F)(F)F)n2)c2ccccc2c1=O. The minimum atomic E-state index is -4.72. The van der Waals surface area contributed by atoms with Crippen LogP contribution in [0.4, 0.5) is 19.1 Å². The van der Waals surface area contributed by atoms with Gasteiger partial charge in [0.1, 0.15) is 0 Å². The number of benzene rings is 1. The topological polar surface area (TPSA) is 106 Å². The van der Waals surface area contributed by atoms with E-state index in [0.717, 1.165) is 0 Å². The number of carbonyl (C=O) groups excluding carboxylic acids is 1. The van der Waals surface area contributed by atoms with E-state index in [0.29, 0.717) is 0 Å². The van der Waals surface area contributed by atoms with Gasteiger partial charge in [0.2, 0.25) is 11.8 Å². The van der Waals surface area contributed by atoms with Crippen LogP contribution in [0.15, 0.2) is 29.1 Å². The van der Waals surface area contributed by atoms with Crippen molar-refractivity contribution in [3.8, 4) is 0 Å². The fourth-order valence-electron chi connectivity index (χ4n) is 2.48. The van der Waals surface area contributed by atoms with Crippen LogP contribution in [-0.4, -0.2) is 30.9 Å². The monoisotopic (exact) mass is 380 g/mol. The van der Waals surface area contributed by atoms with Crippen LogP contribution in [0.2, 0.25) is 0 Å². The van der Waals surface area contributed by atoms with Crippen LogP contribution < -0.4 is 10.9 Å². The summed E-state index contributed by atoms with van der Waals surface area (Å²) in [6, 6.07) is 6.37. The molecule has 0 aliphatic rings. The molecule has 0 saturated carbocycles. The van der Waals surface area contributed by atoms with Gasteiger partial charge in [-0.1, -0.05) is 32.0 Å². The second kappa shape index (κ2) is 6.82. The summed E-state index contributed by atoms with van der Waals surface area (Å²) in [5.74, 6) is -2.61. The average molecular weight is 380 g/mol. The smallest absolute Gasteiger partial charge is 0.288 e. The predicted octanol–water partition coefficient (Wildman–Crippen LogP) is 2.44. The van der Waals surface area contributed by atoms with E-state index in [1.807, 2.05) is 13.8 Å². The molecule has 142 valence electrons. The van der Waals surface area contributed by atoms with Gasteiger partial charge in [-0.05, 0) is 12.0 Å². The first kappa shape index (κ1) is 18.5. The number of rotatable bonds is 4. The third kappa shape index (κ3) is 3.81. The van der Waals surface area contributed by atoms with Crippen molar-refractivity contribution >= 4 is 22.6 Å². The number of aromatic amines is 1. The molecule has 1 aromatic carbocycles. The Morgan fingerprint density at radius 1 is 1.26 bits per heavy atom. The van der Waals surface area contributed by atoms with E-state index in [2.05, 4.69) is 20.5 Å². The molecule has 0 unspecified atom stereocenters. The molecular weight excluding hydrogens is 365 g/mol. The summed E-state index contributed by atoms with van der Waals surface area (Å²) in [7, 11) is 0. The number of anilines is 1. The predicted molar refractivity (Wildman–Crippen MR) is 90.2 cm³/mol. The number of amides is 1. The molecule has 0 fully saturated rings. The molecule has 11 heteroatoms. The van der Waals surface area contributed by atoms with Gasteiger partial charge in [0.05, 0.1) is 5.39 Å². The first-order valence-electron chi connectivity index (χ1n) is 7.97. The Kier molecular flexibility index (Phi) is 4.68. The number of H-pyrrole nitrogens is 1. The van der Waals surface area contributed by atoms with Gasteiger partial charge < -0.3 is 0 Å². The third-order valence-corrected chi connectivity index (χ3v) is 3.60. The Bertz CT molecular complexity index is 1050. The van der Waals surface area contributed by atoms with Crippen LogP contribution in [0.3, 0.4) is 0 Å². The van der Waals surface area contributed by atoms with E-state index in [1.54, 1.807) is 23.3 Å². The van der Waals surface area contributed by atoms with Crippen molar-refractivity contribution in [1.29, 1.82) is 0 Å². The van der Waals surface area contributed by atoms with Crippen LogP contribution in [0.5, 0.6) is 0 Å². The van der Waals surface area contributed by atoms with Crippen molar-refractivity contribution in [2.75, 3.05) is 5.32 Å². The van der Waals surface area contributed by atoms with Crippen LogP contribution in [-0.2, 0) is 12.7 Å². The Labute approximate surface area is 150 Å². The number of nitrogens with one attached hydrogen (secondary N) is 2. The van der Waals surface area contributed by atoms with Gasteiger partial charge in [0.25, 0.3) is 11.5 Å². The highest BCUT2D eigenvalue weighted by Gasteiger charge is 2.35. The molecule has 27 heavy (non-hydrogen) atoms. The quantitative estimate of drug-likeness (QED) is 0.723. The molecule has 0 aliphatic carbocycles. The number of halogens is 3. The van der Waals surface area contributed by atoms with Crippen LogP contribution in [0.25, 0.3) is 10.8 Å². The molecule has 3 rings (SSSR count). The Hall–Kier alpha value is -3.24. The Balaban J connectivity index is 2.02. The fourth-order valence-corrected chi connectivity index (χ4v) is 2.48. The van der Waals surface area contributed by atoms with E-state index in [-0.39, 0.29) is 34.5 Å². The molecular formula is C16H15F3N6O2. The molecule has 0 saturated heterocycles. The molecule has 3 aromatic rings. The largest absolute Gasteiger partial charge is 0.451 e. The van der Waals surface area contributed by atoms with Crippen molar-refractivity contribution in [2.45, 2.75) is 26.6 Å². The molecule has 0 bridgehead atoms. The maximum atomic E-state index is 12.6. The van der Waals surface area contributed by atoms with Crippen molar-refractivity contribution in [3.05, 3.63) is 46.1 Å². The molecule has 2 N–H and O–H groups in total. The molecule has 1 amide bonds. The lowest BCUT2D eigenvalue weighted by Gasteiger charge is -2.12. The number of aromatic nitrogens is 5. The summed E-state index contributed by atoms with van der Waals surface area (Å²) in [6.45, 7) is 4.05. The number of hydrogen-bond acceptors (Lipinski definition) is 5. The van der Waals surface area contributed by atoms with Gasteiger partial charge in [-0.25, -0.2) is 4.68 Å². The van der Waals surface area contributed by atoms with E-state index in [4.69, 9.17) is 0 Å². The maximum absolute atomic E-state index is 12.6. The van der Waals surface area contributed by atoms with Gasteiger partial charge in [0.15, 0.2) is 5.69 Å². The van der Waals surface area contributed by atoms with E-state index in [1.165, 1.54) is 10.7 Å². The van der Waals surface area contributed by atoms with Crippen molar-refractivity contribution in [2.24, 2.45) is 5.92 Å². The lowest BCUT2D eigenvalue weighted by Crippen LogP contribution is -2.29. The molecule has 0 aliphatic heterocycles. The van der Waals surface area contributed by atoms with Gasteiger partial charge in [0, 0.05) is 11.9 Å². The highest BCUT2D eigenvalue weighted by molar-refractivity contribution is 6.10. The lowest BCUT2D eigenvalue weighted by atomic mass is 10.1. The summed E-state index contributed by atoms with van der Waals surface area (Å²) in [5.41, 5.74) is -0.461. The molecule has 0 radical (unpaired) electrons. The second-order valence-corrected chi connectivity index (χ2v) is 6.23. The van der Waals surface area contributed by atoms with Crippen molar-refractivity contribution in [1.82, 2.24) is 25.0 Å². The van der Waals surface area contributed by atoms with Gasteiger partial charge in [-0.15, -0.1) is 5.10 Å². The second-order valence-electron chi connectivity index (χ2n) is 6.23. The third-order valence-electron chi connectivity index (χ3n) is 3.60. The number of alkyl halides is 3. The molecule has 2 aromatic heterocycles. The summed E-state index contributed by atoms with van der Waals surface area (Å²) >= 11 is 0. The van der Waals surface area contributed by atoms with Crippen molar-refractivity contribution < 1.29 is 18.0 Å². The zero-order valence-electron chi connectivity index (χ0n) is 14.3. The number of hydrogen-bond donors (Lipinski definition) is 2. The normalized spacial score (nSPS) is 11.9. The molecule has 0 atom stereocenters. The Morgan fingerprint density at radius 3 is 2.52 bits per heavy atom. The minimum Gasteiger partial charge on any atom is -0.288 e. The summed E-state index contributed by atoms with van der Waals surface area (Å²) in [6.07, 6.45) is -4.72. The zero-order valence-corrected chi connectivity index (χ0v) is 14.3. The van der Waals surface area contributed by atoms with Crippen molar-refractivity contribution in [3.63, 3.8) is 0 Å². The van der Waals surface area contributed by atoms with Gasteiger partial charge in [-0.2, -0.15) is 23.3 Å². The van der Waals surface area contributed by atoms with Crippen LogP contribution in [0.1, 0.15) is 30.2 Å². The maximum Gasteiger partial charge on any atom is 0.451 e. The standard InChI is InChI=1S/C16H15F3N6O2/c1-8(2)7-25-13(27)10-6-4-3-5-9(10)11(24-25)12(26)20-15-21-14(22-23-15)16(17,18)19/h3-6,8H,7H2,1-2H3,(H2,20,21,22,23,26). The summed E-state index contributed by atoms with van der Waals surface area (Å²) < 4.78 is 38.9. The first-order chi connectivity index (χ1) is 12.7. The molecule has 0 spiro atoms. The Morgan fingerprint density at radius 2 is 1.93 bits per heavy atom. The van der Waals surface area contributed by atoms with Crippen LogP contribution >= 0.6 is 0 Å². The van der Waals surface area contributed by atoms with Gasteiger partial charge in [-0.3, -0.25) is 20.0 Å². The highest BCUT2D eigenvalue weighted by atomic mass is 19.4. The average Bonchev–Trinajstić information content (AvgIpc) is 3.06. The zero-order chi connectivity index (χ0) is 19.8. The van der Waals surface area contributed by atoms with Gasteiger partial charge >= 0.3 is 6.18 Å². The summed E-state index contributed by atoms with van der Waals surface area (Å²) in [5, 5.41) is 11.9. The first-order valence-corrected chi connectivity index (χ1v) is 7.97. The van der Waals surface area contributed by atoms with E-state index >= 15 is 0 Å². The highest BCUT2D eigenvalue weighted by Crippen LogP contribution is 2.26. The minimum absolute atomic E-state index is 0.0922. The molecule has 2 heterocycles. The number of carbonyl (C=O) groups is 1. The van der Waals surface area contributed by atoms with Crippen LogP contribution in [0, 0.1) is 5.92 Å². The van der Waals surface area contributed by atoms with E-state index < -0.39 is 23.9 Å². The number of fused-ring (bicyclic) bond motifs is 1. The fraction of sp³-hybridized carbons (Fsp3) is 0.312.